The number of aliphatic imine (C=N–C) groups is 1. The molecule has 0 saturated heterocycles. The van der Waals surface area contributed by atoms with Crippen LogP contribution >= 0.6 is 0 Å². The Morgan fingerprint density at radius 1 is 1.08 bits per heavy atom. The average Bonchev–Trinajstić information content (AvgIpc) is 3.25. The van der Waals surface area contributed by atoms with E-state index in [9.17, 15) is 24.3 Å². The van der Waals surface area contributed by atoms with Crippen LogP contribution in [0.15, 0.2) is 35.5 Å². The first kappa shape index (κ1) is 29.1. The number of hydrogen-bond donors (Lipinski definition) is 9. The van der Waals surface area contributed by atoms with Crippen molar-refractivity contribution >= 4 is 40.6 Å². The number of nitrogens with one attached hydrogen (secondary N) is 4. The lowest BCUT2D eigenvalue weighted by atomic mass is 10.0. The summed E-state index contributed by atoms with van der Waals surface area (Å²) in [7, 11) is 0. The van der Waals surface area contributed by atoms with Crippen LogP contribution in [-0.4, -0.2) is 82.2 Å². The van der Waals surface area contributed by atoms with Gasteiger partial charge >= 0.3 is 5.97 Å². The van der Waals surface area contributed by atoms with Crippen molar-refractivity contribution in [2.24, 2.45) is 22.2 Å². The number of guanidine groups is 1. The summed E-state index contributed by atoms with van der Waals surface area (Å²) in [5.41, 5.74) is 17.9. The van der Waals surface area contributed by atoms with Gasteiger partial charge in [0, 0.05) is 30.1 Å². The van der Waals surface area contributed by atoms with Crippen LogP contribution in [0, 0.1) is 0 Å². The molecule has 2 rings (SSSR count). The third-order valence-electron chi connectivity index (χ3n) is 5.51. The molecule has 0 bridgehead atoms. The van der Waals surface area contributed by atoms with Crippen molar-refractivity contribution in [3.63, 3.8) is 0 Å². The van der Waals surface area contributed by atoms with Crippen LogP contribution in [0.4, 0.5) is 0 Å². The van der Waals surface area contributed by atoms with Crippen molar-refractivity contribution < 1.29 is 29.4 Å². The SMILES string of the molecule is CC(O)C(NC(=O)C(N)CCCN=C(N)N)C(=O)NC(Cc1c[nH]c2ccccc12)C(=O)NCC(=O)O. The second-order valence-corrected chi connectivity index (χ2v) is 8.52. The number of amides is 3. The second-order valence-electron chi connectivity index (χ2n) is 8.52. The largest absolute Gasteiger partial charge is 0.480 e. The van der Waals surface area contributed by atoms with E-state index in [4.69, 9.17) is 22.3 Å². The molecule has 12 N–H and O–H groups in total. The molecule has 0 aliphatic heterocycles. The Bertz CT molecular complexity index is 1130. The van der Waals surface area contributed by atoms with E-state index in [0.717, 1.165) is 10.9 Å². The molecule has 0 aliphatic rings. The van der Waals surface area contributed by atoms with Crippen LogP contribution in [0.3, 0.4) is 0 Å². The predicted octanol–water partition coefficient (Wildman–Crippen LogP) is -2.36. The molecular formula is C23H34N8O6. The first-order valence-electron chi connectivity index (χ1n) is 11.6. The van der Waals surface area contributed by atoms with Gasteiger partial charge in [-0.1, -0.05) is 18.2 Å². The molecule has 0 spiro atoms. The van der Waals surface area contributed by atoms with Gasteiger partial charge in [0.2, 0.25) is 17.7 Å². The molecule has 1 heterocycles. The Hall–Kier alpha value is -4.17. The summed E-state index contributed by atoms with van der Waals surface area (Å²) in [6, 6.07) is 3.72. The maximum absolute atomic E-state index is 13.0. The molecule has 3 amide bonds. The highest BCUT2D eigenvalue weighted by atomic mass is 16.4. The van der Waals surface area contributed by atoms with Crippen LogP contribution in [0.1, 0.15) is 25.3 Å². The highest BCUT2D eigenvalue weighted by Gasteiger charge is 2.31. The van der Waals surface area contributed by atoms with Gasteiger partial charge in [-0.3, -0.25) is 24.2 Å². The number of aliphatic hydroxyl groups is 1. The fourth-order valence-corrected chi connectivity index (χ4v) is 3.59. The lowest BCUT2D eigenvalue weighted by Crippen LogP contribution is -2.59. The standard InChI is InChI=1S/C23H34N8O6/c1-12(32)19(31-20(35)15(24)6-4-8-27-23(25)26)22(37)30-17(21(36)29-11-18(33)34)9-13-10-28-16-7-3-2-5-14(13)16/h2-3,5,7,10,12,15,17,19,28,32H,4,6,8-9,11,24H2,1H3,(H,29,36)(H,30,37)(H,31,35)(H,33,34)(H4,25,26,27). The van der Waals surface area contributed by atoms with Gasteiger partial charge in [0.25, 0.3) is 0 Å². The summed E-state index contributed by atoms with van der Waals surface area (Å²) in [6.07, 6.45) is 1.01. The molecule has 202 valence electrons. The quantitative estimate of drug-likeness (QED) is 0.0735. The van der Waals surface area contributed by atoms with Crippen LogP contribution in [-0.2, 0) is 25.6 Å². The lowest BCUT2D eigenvalue weighted by Gasteiger charge is -2.25. The number of aliphatic carboxylic acids is 1. The molecule has 4 atom stereocenters. The van der Waals surface area contributed by atoms with E-state index in [-0.39, 0.29) is 25.3 Å². The van der Waals surface area contributed by atoms with E-state index in [0.29, 0.717) is 12.0 Å². The molecule has 37 heavy (non-hydrogen) atoms. The molecule has 4 unspecified atom stereocenters. The van der Waals surface area contributed by atoms with Gasteiger partial charge in [-0.2, -0.15) is 0 Å². The van der Waals surface area contributed by atoms with Crippen molar-refractivity contribution in [2.45, 2.75) is 50.4 Å². The summed E-state index contributed by atoms with van der Waals surface area (Å²) in [5, 5.41) is 27.1. The minimum atomic E-state index is -1.42. The number of rotatable bonds is 14. The van der Waals surface area contributed by atoms with E-state index < -0.39 is 54.5 Å². The first-order valence-corrected chi connectivity index (χ1v) is 11.6. The van der Waals surface area contributed by atoms with E-state index in [1.54, 1.807) is 6.20 Å². The van der Waals surface area contributed by atoms with Crippen LogP contribution in [0.5, 0.6) is 0 Å². The maximum atomic E-state index is 13.0. The Morgan fingerprint density at radius 2 is 1.78 bits per heavy atom. The van der Waals surface area contributed by atoms with Crippen LogP contribution in [0.25, 0.3) is 10.9 Å². The molecule has 0 saturated carbocycles. The number of nitrogens with zero attached hydrogens (tertiary/aromatic N) is 1. The summed E-state index contributed by atoms with van der Waals surface area (Å²) >= 11 is 0. The van der Waals surface area contributed by atoms with E-state index in [2.05, 4.69) is 25.9 Å². The smallest absolute Gasteiger partial charge is 0.322 e. The molecule has 2 aromatic rings. The highest BCUT2D eigenvalue weighted by molar-refractivity contribution is 5.94. The Kier molecular flexibility index (Phi) is 10.8. The zero-order valence-electron chi connectivity index (χ0n) is 20.4. The van der Waals surface area contributed by atoms with Crippen molar-refractivity contribution in [2.75, 3.05) is 13.1 Å². The van der Waals surface area contributed by atoms with Crippen LogP contribution < -0.4 is 33.2 Å². The minimum absolute atomic E-state index is 0.0198. The molecular weight excluding hydrogens is 484 g/mol. The molecule has 1 aromatic heterocycles. The number of carboxylic acids is 1. The van der Waals surface area contributed by atoms with Crippen molar-refractivity contribution in [1.29, 1.82) is 0 Å². The third-order valence-corrected chi connectivity index (χ3v) is 5.51. The normalized spacial score (nSPS) is 14.1. The number of aliphatic hydroxyl groups excluding tert-OH is 1. The molecule has 0 fully saturated rings. The highest BCUT2D eigenvalue weighted by Crippen LogP contribution is 2.19. The molecule has 14 heteroatoms. The van der Waals surface area contributed by atoms with Crippen molar-refractivity contribution in [3.05, 3.63) is 36.0 Å². The van der Waals surface area contributed by atoms with Gasteiger partial charge < -0.3 is 48.3 Å². The third kappa shape index (κ3) is 9.09. The fourth-order valence-electron chi connectivity index (χ4n) is 3.59. The predicted molar refractivity (Wildman–Crippen MR) is 136 cm³/mol. The van der Waals surface area contributed by atoms with E-state index in [1.807, 2.05) is 24.3 Å². The van der Waals surface area contributed by atoms with E-state index in [1.165, 1.54) is 6.92 Å². The summed E-state index contributed by atoms with van der Waals surface area (Å²) in [5.74, 6) is -3.61. The maximum Gasteiger partial charge on any atom is 0.322 e. The average molecular weight is 519 g/mol. The lowest BCUT2D eigenvalue weighted by molar-refractivity contribution is -0.138. The van der Waals surface area contributed by atoms with Gasteiger partial charge in [-0.05, 0) is 31.4 Å². The van der Waals surface area contributed by atoms with Crippen molar-refractivity contribution in [1.82, 2.24) is 20.9 Å². The van der Waals surface area contributed by atoms with Crippen LogP contribution in [0.2, 0.25) is 0 Å². The molecule has 0 aliphatic carbocycles. The topological polar surface area (TPSA) is 251 Å². The second kappa shape index (κ2) is 13.8. The Balaban J connectivity index is 2.13. The van der Waals surface area contributed by atoms with Gasteiger partial charge in [-0.15, -0.1) is 0 Å². The van der Waals surface area contributed by atoms with Gasteiger partial charge in [0.15, 0.2) is 5.96 Å². The fraction of sp³-hybridized carbons (Fsp3) is 0.435. The van der Waals surface area contributed by atoms with Gasteiger partial charge in [0.1, 0.15) is 18.6 Å². The van der Waals surface area contributed by atoms with Gasteiger partial charge in [0.05, 0.1) is 12.1 Å². The zero-order chi connectivity index (χ0) is 27.5. The minimum Gasteiger partial charge on any atom is -0.480 e. The number of hydrogen-bond acceptors (Lipinski definition) is 7. The summed E-state index contributed by atoms with van der Waals surface area (Å²) in [6.45, 7) is 0.920. The Labute approximate surface area is 213 Å². The zero-order valence-corrected chi connectivity index (χ0v) is 20.4. The molecule has 0 radical (unpaired) electrons. The number of fused-ring (bicyclic) bond motifs is 1. The first-order chi connectivity index (χ1) is 17.5. The molecule has 1 aromatic carbocycles. The monoisotopic (exact) mass is 518 g/mol. The summed E-state index contributed by atoms with van der Waals surface area (Å²) in [4.78, 5) is 56.1. The summed E-state index contributed by atoms with van der Waals surface area (Å²) < 4.78 is 0. The number of aromatic amines is 1. The number of nitrogens with two attached hydrogens (primary N) is 3. The number of carbonyl (C=O) groups excluding carboxylic acids is 3. The molecule has 14 nitrogen and oxygen atoms in total. The number of para-hydroxylation sites is 1. The van der Waals surface area contributed by atoms with Crippen molar-refractivity contribution in [3.8, 4) is 0 Å². The Morgan fingerprint density at radius 3 is 2.43 bits per heavy atom. The van der Waals surface area contributed by atoms with E-state index >= 15 is 0 Å². The van der Waals surface area contributed by atoms with Gasteiger partial charge in [-0.25, -0.2) is 0 Å². The number of H-pyrrole nitrogens is 1. The number of carboxylic acid groups (broad SMARTS) is 1. The number of aromatic nitrogens is 1. The number of benzene rings is 1. The number of carbonyl (C=O) groups is 4.